The van der Waals surface area contributed by atoms with Gasteiger partial charge in [0, 0.05) is 113 Å². The van der Waals surface area contributed by atoms with Crippen LogP contribution < -0.4 is 22.9 Å². The number of H-pyrrole nitrogens is 2. The van der Waals surface area contributed by atoms with Gasteiger partial charge in [0.1, 0.15) is 23.1 Å². The van der Waals surface area contributed by atoms with Crippen LogP contribution in [0.3, 0.4) is 0 Å². The minimum absolute atomic E-state index is 0.0763. The van der Waals surface area contributed by atoms with Crippen molar-refractivity contribution in [3.8, 4) is 44.5 Å². The van der Waals surface area contributed by atoms with E-state index in [-0.39, 0.29) is 74.5 Å². The van der Waals surface area contributed by atoms with Crippen LogP contribution in [0.2, 0.25) is 0 Å². The Morgan fingerprint density at radius 2 is 0.570 bits per heavy atom. The van der Waals surface area contributed by atoms with Crippen LogP contribution in [0.25, 0.3) is 90.9 Å². The zero-order valence-electron chi connectivity index (χ0n) is 51.5. The molecule has 3 aromatic heterocycles. The van der Waals surface area contributed by atoms with Crippen molar-refractivity contribution in [2.24, 2.45) is 0 Å². The van der Waals surface area contributed by atoms with Gasteiger partial charge in [0.05, 0.1) is 28.3 Å². The standard InChI is InChI=1S/C81H68N8O4/c1-49-36-76-79(60-26-18-52(19-27-60)43-68(92)47-56-8-4-12-64(84)39-56)74-33-32-72(87-74)77(58-22-14-50(15-23-58)41-66(90)45-54-6-2-10-62(82)37-54)70-30-31-71(86-70)78(59-24-16-51(17-25-59)42-67(91)46-55-7-3-11-63(83)38-55)73-34-35-75(88-73)80(81(49)89-76)61-28-20-53(21-29-61)44-69(93)48-57-9-5-13-65(85)40-57/h2-40,86,89H,41-48,82-85H2,1H3. The average molecular weight is 1220 g/mol. The number of aryl methyl sites for hydroxylation is 1. The van der Waals surface area contributed by atoms with Gasteiger partial charge in [-0.05, 0) is 170 Å². The second-order valence-corrected chi connectivity index (χ2v) is 24.3. The molecule has 0 amide bonds. The highest BCUT2D eigenvalue weighted by atomic mass is 16.1. The second kappa shape index (κ2) is 26.4. The van der Waals surface area contributed by atoms with E-state index in [1.807, 2.05) is 152 Å². The van der Waals surface area contributed by atoms with E-state index in [0.29, 0.717) is 45.5 Å². The SMILES string of the molecule is Cc1cc2[nH]c1c(-c1ccc(CC(=O)Cc3cccc(N)c3)cc1)c1nc(c(-c3ccc(CC(=O)Cc4cccc(N)c4)cc3)c3ccc([nH]3)c(-c3ccc(CC(=O)Cc4cccc(N)c4)cc3)c3nc(c2-c2ccc(CC(=O)Cc4cccc(N)c4)cc2)C=C3)C=C1. The summed E-state index contributed by atoms with van der Waals surface area (Å²) in [4.78, 5) is 73.0. The van der Waals surface area contributed by atoms with Gasteiger partial charge < -0.3 is 32.9 Å². The Labute approximate surface area is 539 Å². The summed E-state index contributed by atoms with van der Waals surface area (Å²) >= 11 is 0. The molecular weight excluding hydrogens is 1150 g/mol. The Bertz CT molecular complexity index is 4980. The molecule has 0 radical (unpaired) electrons. The van der Waals surface area contributed by atoms with Crippen LogP contribution in [0, 0.1) is 6.92 Å². The fourth-order valence-electron chi connectivity index (χ4n) is 12.7. The Balaban J connectivity index is 0.974. The highest BCUT2D eigenvalue weighted by Gasteiger charge is 2.22. The highest BCUT2D eigenvalue weighted by Crippen LogP contribution is 2.40. The number of hydrogen-bond donors (Lipinski definition) is 6. The number of nitrogens with one attached hydrogen (secondary N) is 2. The second-order valence-electron chi connectivity index (χ2n) is 24.3. The predicted octanol–water partition coefficient (Wildman–Crippen LogP) is 15.4. The number of nitrogens with two attached hydrogens (primary N) is 4. The number of carbonyl (C=O) groups excluding carboxylic acids is 4. The Morgan fingerprint density at radius 3 is 0.871 bits per heavy atom. The number of anilines is 4. The number of aromatic nitrogens is 4. The molecule has 0 fully saturated rings. The predicted molar refractivity (Wildman–Crippen MR) is 378 cm³/mol. The lowest BCUT2D eigenvalue weighted by Gasteiger charge is -2.09. The maximum atomic E-state index is 13.5. The van der Waals surface area contributed by atoms with Gasteiger partial charge in [-0.3, -0.25) is 19.2 Å². The van der Waals surface area contributed by atoms with Crippen molar-refractivity contribution in [1.29, 1.82) is 0 Å². The summed E-state index contributed by atoms with van der Waals surface area (Å²) in [6.07, 6.45) is 10.3. The maximum Gasteiger partial charge on any atom is 0.141 e. The first-order valence-corrected chi connectivity index (χ1v) is 31.2. The van der Waals surface area contributed by atoms with Crippen molar-refractivity contribution >= 4 is 92.3 Å². The summed E-state index contributed by atoms with van der Waals surface area (Å²) in [5.41, 5.74) is 47.7. The van der Waals surface area contributed by atoms with E-state index >= 15 is 0 Å². The summed E-state index contributed by atoms with van der Waals surface area (Å²) in [5, 5.41) is 0. The monoisotopic (exact) mass is 1220 g/mol. The molecule has 8 aromatic carbocycles. The van der Waals surface area contributed by atoms with Gasteiger partial charge in [-0.15, -0.1) is 0 Å². The van der Waals surface area contributed by atoms with Gasteiger partial charge in [0.2, 0.25) is 0 Å². The van der Waals surface area contributed by atoms with E-state index in [4.69, 9.17) is 32.9 Å². The van der Waals surface area contributed by atoms with Crippen molar-refractivity contribution < 1.29 is 19.2 Å². The Morgan fingerprint density at radius 1 is 0.301 bits per heavy atom. The first-order chi connectivity index (χ1) is 45.2. The third-order valence-electron chi connectivity index (χ3n) is 17.0. The normalized spacial score (nSPS) is 11.7. The lowest BCUT2D eigenvalue weighted by Crippen LogP contribution is -2.06. The summed E-state index contributed by atoms with van der Waals surface area (Å²) in [6.45, 7) is 2.09. The molecule has 12 heteroatoms. The number of fused-ring (bicyclic) bond motifs is 8. The maximum absolute atomic E-state index is 13.5. The lowest BCUT2D eigenvalue weighted by atomic mass is 9.98. The lowest BCUT2D eigenvalue weighted by molar-refractivity contribution is -0.118. The van der Waals surface area contributed by atoms with Crippen molar-refractivity contribution in [2.75, 3.05) is 22.9 Å². The number of carbonyl (C=O) groups is 4. The minimum atomic E-state index is 0.0763. The smallest absolute Gasteiger partial charge is 0.141 e. The molecule has 0 spiro atoms. The van der Waals surface area contributed by atoms with Crippen LogP contribution in [-0.4, -0.2) is 43.1 Å². The number of nitrogen functional groups attached to an aromatic ring is 4. The first-order valence-electron chi connectivity index (χ1n) is 31.2. The third-order valence-corrected chi connectivity index (χ3v) is 17.0. The molecule has 5 heterocycles. The van der Waals surface area contributed by atoms with Crippen LogP contribution in [-0.2, 0) is 70.5 Å². The number of benzene rings is 8. The molecule has 8 bridgehead atoms. The van der Waals surface area contributed by atoms with Crippen molar-refractivity contribution in [1.82, 2.24) is 19.9 Å². The molecule has 0 saturated heterocycles. The molecule has 11 aromatic rings. The number of Topliss-reactive ketones (excluding diaryl/α,β-unsaturated/α-hetero) is 4. The van der Waals surface area contributed by atoms with E-state index in [9.17, 15) is 19.2 Å². The van der Waals surface area contributed by atoms with Gasteiger partial charge in [-0.2, -0.15) is 0 Å². The molecule has 2 aliphatic heterocycles. The Kier molecular flexibility index (Phi) is 17.1. The molecule has 0 aliphatic carbocycles. The summed E-state index contributed by atoms with van der Waals surface area (Å²) in [5.74, 6) is 0.306. The molecule has 12 nitrogen and oxygen atoms in total. The first kappa shape index (κ1) is 60.2. The molecular formula is C81H68N8O4. The van der Waals surface area contributed by atoms with Crippen LogP contribution in [0.4, 0.5) is 22.7 Å². The minimum Gasteiger partial charge on any atom is -0.399 e. The fraction of sp³-hybridized carbons (Fsp3) is 0.111. The van der Waals surface area contributed by atoms with Gasteiger partial charge in [0.15, 0.2) is 0 Å². The molecule has 93 heavy (non-hydrogen) atoms. The zero-order valence-corrected chi connectivity index (χ0v) is 51.5. The topological polar surface area (TPSA) is 230 Å². The highest BCUT2D eigenvalue weighted by molar-refractivity contribution is 6.01. The quantitative estimate of drug-likeness (QED) is 0.0395. The number of rotatable bonds is 20. The summed E-state index contributed by atoms with van der Waals surface area (Å²) < 4.78 is 0. The average Bonchev–Trinajstić information content (AvgIpc) is 1.63. The number of ketones is 4. The van der Waals surface area contributed by atoms with E-state index in [1.165, 1.54) is 0 Å². The number of nitrogens with zero attached hydrogens (tertiary/aromatic N) is 2. The fourth-order valence-corrected chi connectivity index (χ4v) is 12.7. The largest absolute Gasteiger partial charge is 0.399 e. The van der Waals surface area contributed by atoms with Gasteiger partial charge in [0.25, 0.3) is 0 Å². The van der Waals surface area contributed by atoms with Crippen LogP contribution in [0.1, 0.15) is 72.8 Å². The van der Waals surface area contributed by atoms with Crippen molar-refractivity contribution in [3.63, 3.8) is 0 Å². The van der Waals surface area contributed by atoms with E-state index < -0.39 is 0 Å². The zero-order chi connectivity index (χ0) is 64.1. The third kappa shape index (κ3) is 14.0. The summed E-state index contributed by atoms with van der Waals surface area (Å²) in [6, 6.07) is 68.6. The summed E-state index contributed by atoms with van der Waals surface area (Å²) in [7, 11) is 0. The van der Waals surface area contributed by atoms with E-state index in [1.54, 1.807) is 0 Å². The van der Waals surface area contributed by atoms with Crippen LogP contribution in [0.15, 0.2) is 212 Å². The number of aromatic amines is 2. The van der Waals surface area contributed by atoms with E-state index in [2.05, 4.69) is 102 Å². The molecule has 0 unspecified atom stereocenters. The molecule has 2 aliphatic rings. The van der Waals surface area contributed by atoms with Gasteiger partial charge >= 0.3 is 0 Å². The molecule has 456 valence electrons. The molecule has 0 saturated carbocycles. The molecule has 13 rings (SSSR count). The Hall–Kier alpha value is -11.8. The van der Waals surface area contributed by atoms with Crippen LogP contribution in [0.5, 0.6) is 0 Å². The molecule has 10 N–H and O–H groups in total. The van der Waals surface area contributed by atoms with Crippen molar-refractivity contribution in [2.45, 2.75) is 58.3 Å². The van der Waals surface area contributed by atoms with Crippen molar-refractivity contribution in [3.05, 3.63) is 285 Å². The van der Waals surface area contributed by atoms with Gasteiger partial charge in [-0.25, -0.2) is 9.97 Å². The van der Waals surface area contributed by atoms with Gasteiger partial charge in [-0.1, -0.05) is 146 Å². The number of hydrogen-bond acceptors (Lipinski definition) is 10. The molecule has 0 atom stereocenters. The van der Waals surface area contributed by atoms with E-state index in [0.717, 1.165) is 117 Å². The van der Waals surface area contributed by atoms with Crippen LogP contribution >= 0.6 is 0 Å².